The lowest BCUT2D eigenvalue weighted by Gasteiger charge is -2.44. The lowest BCUT2D eigenvalue weighted by atomic mass is 9.85. The molecule has 0 N–H and O–H groups in total. The molecule has 1 saturated carbocycles. The molecule has 3 aromatic rings. The van der Waals surface area contributed by atoms with Gasteiger partial charge in [0.1, 0.15) is 35.3 Å². The second-order valence-corrected chi connectivity index (χ2v) is 16.5. The van der Waals surface area contributed by atoms with Crippen LogP contribution in [0.5, 0.6) is 17.2 Å². The number of aromatic nitrogens is 3. The van der Waals surface area contributed by atoms with Crippen molar-refractivity contribution in [3.63, 3.8) is 0 Å². The summed E-state index contributed by atoms with van der Waals surface area (Å²) in [6.07, 6.45) is 5.83. The van der Waals surface area contributed by atoms with Gasteiger partial charge in [0, 0.05) is 113 Å². The molecule has 4 aliphatic rings. The molecule has 2 amide bonds. The molecule has 3 aliphatic heterocycles. The first kappa shape index (κ1) is 38.6. The van der Waals surface area contributed by atoms with Crippen LogP contribution in [0, 0.1) is 11.7 Å². The first-order chi connectivity index (χ1) is 26.1. The van der Waals surface area contributed by atoms with E-state index in [4.69, 9.17) is 14.2 Å². The average molecular weight is 766 g/mol. The van der Waals surface area contributed by atoms with Crippen molar-refractivity contribution in [2.45, 2.75) is 103 Å². The van der Waals surface area contributed by atoms with E-state index in [1.807, 2.05) is 33.0 Å². The number of fused-ring (bicyclic) bond motifs is 1. The molecular weight excluding hydrogens is 715 g/mol. The molecule has 2 saturated heterocycles. The van der Waals surface area contributed by atoms with Crippen LogP contribution in [-0.4, -0.2) is 111 Å². The molecule has 296 valence electrons. The van der Waals surface area contributed by atoms with E-state index < -0.39 is 42.1 Å². The zero-order valence-electron chi connectivity index (χ0n) is 32.1. The Morgan fingerprint density at radius 2 is 1.76 bits per heavy atom. The summed E-state index contributed by atoms with van der Waals surface area (Å²) in [4.78, 5) is 47.1. The molecular formula is C40H50F3N7O5. The summed E-state index contributed by atoms with van der Waals surface area (Å²) in [6, 6.07) is 4.55. The number of hydrogen-bond donors (Lipinski definition) is 0. The largest absolute Gasteiger partial charge is 0.490 e. The Kier molecular flexibility index (Phi) is 10.9. The molecule has 5 heterocycles. The standard InChI is InChI=1S/C40H50F3N7O5/c1-25(2)50(28-17-40(42,43)18-28)37(51)30-16-27(41)6-7-33(30)54-35-19-44-24-46-36(35)48-14-9-29(10-15-48)53-34-8-12-45-32-11-13-47(23-31(32)34)20-26-21-49(22-26)38(52)55-39(3,4)5/h6-8,12,16,19,24-26,28-29H,9-11,13-15,17-18,20-23H2,1-5H3. The fourth-order valence-electron chi connectivity index (χ4n) is 7.91. The van der Waals surface area contributed by atoms with Crippen LogP contribution in [0.1, 0.15) is 81.9 Å². The molecule has 7 rings (SSSR count). The minimum atomic E-state index is -2.82. The van der Waals surface area contributed by atoms with Gasteiger partial charge in [-0.3, -0.25) is 14.7 Å². The molecule has 0 radical (unpaired) electrons. The summed E-state index contributed by atoms with van der Waals surface area (Å²) in [5.74, 6) is -1.90. The minimum Gasteiger partial charge on any atom is -0.490 e. The number of benzene rings is 1. The SMILES string of the molecule is CC(C)N(C(=O)c1cc(F)ccc1Oc1cncnc1N1CCC(Oc2ccnc3c2CN(CC2CN(C(=O)OC(C)(C)C)C2)CC3)CC1)C1CC(F)(F)C1. The van der Waals surface area contributed by atoms with Crippen molar-refractivity contribution < 1.29 is 37.0 Å². The number of ether oxygens (including phenoxy) is 3. The number of anilines is 1. The molecule has 0 spiro atoms. The molecule has 12 nitrogen and oxygen atoms in total. The molecule has 15 heteroatoms. The summed E-state index contributed by atoms with van der Waals surface area (Å²) in [5, 5.41) is 0. The number of carbonyl (C=O) groups is 2. The average Bonchev–Trinajstić information content (AvgIpc) is 3.09. The van der Waals surface area contributed by atoms with Gasteiger partial charge in [0.25, 0.3) is 11.8 Å². The number of halogens is 3. The fourth-order valence-corrected chi connectivity index (χ4v) is 7.91. The molecule has 0 unspecified atom stereocenters. The van der Waals surface area contributed by atoms with Gasteiger partial charge in [-0.05, 0) is 58.9 Å². The van der Waals surface area contributed by atoms with Gasteiger partial charge in [0.15, 0.2) is 11.6 Å². The van der Waals surface area contributed by atoms with Crippen LogP contribution >= 0.6 is 0 Å². The number of amides is 2. The van der Waals surface area contributed by atoms with Crippen LogP contribution in [0.2, 0.25) is 0 Å². The number of carbonyl (C=O) groups excluding carboxylic acids is 2. The highest BCUT2D eigenvalue weighted by Gasteiger charge is 2.50. The van der Waals surface area contributed by atoms with E-state index in [0.717, 1.165) is 49.1 Å². The zero-order chi connectivity index (χ0) is 39.1. The van der Waals surface area contributed by atoms with E-state index in [9.17, 15) is 22.8 Å². The Balaban J connectivity index is 0.969. The van der Waals surface area contributed by atoms with Crippen molar-refractivity contribution in [1.82, 2.24) is 29.7 Å². The van der Waals surface area contributed by atoms with Crippen molar-refractivity contribution in [1.29, 1.82) is 0 Å². The van der Waals surface area contributed by atoms with Gasteiger partial charge in [0.2, 0.25) is 0 Å². The summed E-state index contributed by atoms with van der Waals surface area (Å²) >= 11 is 0. The van der Waals surface area contributed by atoms with Gasteiger partial charge >= 0.3 is 6.09 Å². The first-order valence-electron chi connectivity index (χ1n) is 19.2. The highest BCUT2D eigenvalue weighted by Crippen LogP contribution is 2.43. The predicted molar refractivity (Wildman–Crippen MR) is 198 cm³/mol. The van der Waals surface area contributed by atoms with Gasteiger partial charge in [-0.15, -0.1) is 0 Å². The normalized spacial score (nSPS) is 19.4. The lowest BCUT2D eigenvalue weighted by molar-refractivity contribution is -0.120. The topological polar surface area (TPSA) is 113 Å². The first-order valence-corrected chi connectivity index (χ1v) is 19.2. The summed E-state index contributed by atoms with van der Waals surface area (Å²) in [5.41, 5.74) is 1.60. The van der Waals surface area contributed by atoms with Gasteiger partial charge in [0.05, 0.1) is 11.8 Å². The smallest absolute Gasteiger partial charge is 0.410 e. The number of alkyl halides is 2. The van der Waals surface area contributed by atoms with E-state index in [-0.39, 0.29) is 35.3 Å². The van der Waals surface area contributed by atoms with Crippen molar-refractivity contribution >= 4 is 17.8 Å². The molecule has 2 aromatic heterocycles. The van der Waals surface area contributed by atoms with E-state index in [2.05, 4.69) is 24.8 Å². The number of rotatable bonds is 10. The van der Waals surface area contributed by atoms with Gasteiger partial charge < -0.3 is 28.9 Å². The van der Waals surface area contributed by atoms with Crippen molar-refractivity contribution in [3.8, 4) is 17.2 Å². The Labute approximate surface area is 320 Å². The molecule has 1 aromatic carbocycles. The maximum Gasteiger partial charge on any atom is 0.410 e. The third-order valence-corrected chi connectivity index (χ3v) is 10.6. The Bertz CT molecular complexity index is 1870. The number of likely N-dealkylation sites (tertiary alicyclic amines) is 1. The van der Waals surface area contributed by atoms with Crippen molar-refractivity contribution in [2.75, 3.05) is 44.2 Å². The van der Waals surface area contributed by atoms with Crippen LogP contribution in [0.15, 0.2) is 43.0 Å². The van der Waals surface area contributed by atoms with E-state index in [1.165, 1.54) is 29.6 Å². The van der Waals surface area contributed by atoms with Crippen molar-refractivity contribution in [3.05, 3.63) is 65.6 Å². The highest BCUT2D eigenvalue weighted by atomic mass is 19.3. The molecule has 3 fully saturated rings. The van der Waals surface area contributed by atoms with Crippen LogP contribution in [0.3, 0.4) is 0 Å². The maximum atomic E-state index is 14.5. The van der Waals surface area contributed by atoms with Gasteiger partial charge in [-0.2, -0.15) is 0 Å². The molecule has 0 bridgehead atoms. The number of piperidine rings is 1. The second-order valence-electron chi connectivity index (χ2n) is 16.5. The number of pyridine rings is 1. The van der Waals surface area contributed by atoms with Crippen LogP contribution in [-0.2, 0) is 17.7 Å². The third-order valence-electron chi connectivity index (χ3n) is 10.6. The predicted octanol–water partition coefficient (Wildman–Crippen LogP) is 6.72. The Morgan fingerprint density at radius 3 is 2.45 bits per heavy atom. The van der Waals surface area contributed by atoms with Crippen molar-refractivity contribution in [2.24, 2.45) is 5.92 Å². The molecule has 55 heavy (non-hydrogen) atoms. The lowest BCUT2D eigenvalue weighted by Crippen LogP contribution is -2.55. The fraction of sp³-hybridized carbons (Fsp3) is 0.575. The zero-order valence-corrected chi connectivity index (χ0v) is 32.1. The second kappa shape index (κ2) is 15.5. The maximum absolute atomic E-state index is 14.5. The number of nitrogens with zero attached hydrogens (tertiary/aromatic N) is 7. The summed E-state index contributed by atoms with van der Waals surface area (Å²) < 4.78 is 60.5. The summed E-state index contributed by atoms with van der Waals surface area (Å²) in [7, 11) is 0. The van der Waals surface area contributed by atoms with Crippen LogP contribution in [0.4, 0.5) is 23.8 Å². The van der Waals surface area contributed by atoms with E-state index >= 15 is 0 Å². The van der Waals surface area contributed by atoms with Gasteiger partial charge in [-0.25, -0.2) is 27.9 Å². The van der Waals surface area contributed by atoms with E-state index in [0.29, 0.717) is 50.8 Å². The molecule has 1 aliphatic carbocycles. The quantitative estimate of drug-likeness (QED) is 0.220. The minimum absolute atomic E-state index is 0.0411. The van der Waals surface area contributed by atoms with Gasteiger partial charge in [-0.1, -0.05) is 0 Å². The summed E-state index contributed by atoms with van der Waals surface area (Å²) in [6.45, 7) is 14.3. The molecule has 0 atom stereocenters. The van der Waals surface area contributed by atoms with E-state index in [1.54, 1.807) is 18.7 Å². The van der Waals surface area contributed by atoms with Crippen LogP contribution in [0.25, 0.3) is 0 Å². The highest BCUT2D eigenvalue weighted by molar-refractivity contribution is 5.97. The monoisotopic (exact) mass is 765 g/mol. The number of hydrogen-bond acceptors (Lipinski definition) is 10. The van der Waals surface area contributed by atoms with Crippen LogP contribution < -0.4 is 14.4 Å². The Hall–Kier alpha value is -4.66. The Morgan fingerprint density at radius 1 is 1.02 bits per heavy atom. The third kappa shape index (κ3) is 8.92.